The molecule has 0 heterocycles. The van der Waals surface area contributed by atoms with Crippen molar-refractivity contribution in [1.82, 2.24) is 0 Å². The topological polar surface area (TPSA) is 203 Å². The number of phosphoric ester groups is 1. The third-order valence-electron chi connectivity index (χ3n) is 6.68. The summed E-state index contributed by atoms with van der Waals surface area (Å²) in [6, 6.07) is 0. The third kappa shape index (κ3) is 14.1. The fourth-order valence-electron chi connectivity index (χ4n) is 4.28. The van der Waals surface area contributed by atoms with E-state index in [1.807, 2.05) is 0 Å². The Morgan fingerprint density at radius 1 is 0.711 bits per heavy atom. The number of unbranched alkanes of at least 4 members (excludes halogenated alkanes) is 12. The molecule has 38 heavy (non-hydrogen) atoms. The minimum absolute atomic E-state index is 0.195. The Labute approximate surface area is 225 Å². The summed E-state index contributed by atoms with van der Waals surface area (Å²) in [4.78, 5) is 21.6. The molecule has 0 radical (unpaired) electrons. The van der Waals surface area contributed by atoms with E-state index < -0.39 is 69.7 Å². The lowest BCUT2D eigenvalue weighted by atomic mass is 9.85. The molecule has 0 spiro atoms. The number of esters is 1. The molecule has 1 aliphatic carbocycles. The predicted molar refractivity (Wildman–Crippen MR) is 138 cm³/mol. The second-order valence-corrected chi connectivity index (χ2v) is 11.5. The molecule has 13 heteroatoms. The van der Waals surface area contributed by atoms with Crippen molar-refractivity contribution in [1.29, 1.82) is 0 Å². The zero-order valence-electron chi connectivity index (χ0n) is 22.5. The van der Waals surface area contributed by atoms with Crippen molar-refractivity contribution in [3.8, 4) is 0 Å². The van der Waals surface area contributed by atoms with Gasteiger partial charge in [-0.25, -0.2) is 4.57 Å². The van der Waals surface area contributed by atoms with E-state index in [4.69, 9.17) is 4.74 Å². The van der Waals surface area contributed by atoms with Crippen LogP contribution in [0.25, 0.3) is 0 Å². The van der Waals surface area contributed by atoms with Crippen molar-refractivity contribution in [3.63, 3.8) is 0 Å². The number of carbonyl (C=O) groups is 1. The normalized spacial score (nSPS) is 28.1. The van der Waals surface area contributed by atoms with E-state index in [-0.39, 0.29) is 6.42 Å². The molecular weight excluding hydrogens is 523 g/mol. The van der Waals surface area contributed by atoms with Gasteiger partial charge in [-0.3, -0.25) is 13.8 Å². The summed E-state index contributed by atoms with van der Waals surface area (Å²) in [7, 11) is -4.98. The smallest absolute Gasteiger partial charge is 0.463 e. The number of hydrogen-bond acceptors (Lipinski definition) is 11. The van der Waals surface area contributed by atoms with Gasteiger partial charge in [0.15, 0.2) is 0 Å². The standard InChI is InChI=1S/C25H49O12P/c1-2-3-4-5-6-7-8-9-10-11-12-13-14-15-19(27)35-16-18(26)17-36-38(33,34)37-25-23(31)21(29)20(28)22(30)24(25)32/h18,20-26,28-32H,2-17H2,1H3,(H,33,34). The zero-order valence-corrected chi connectivity index (χ0v) is 23.4. The van der Waals surface area contributed by atoms with Gasteiger partial charge >= 0.3 is 13.8 Å². The van der Waals surface area contributed by atoms with Gasteiger partial charge in [0.2, 0.25) is 0 Å². The van der Waals surface area contributed by atoms with Crippen LogP contribution in [-0.2, 0) is 23.1 Å². The largest absolute Gasteiger partial charge is 0.472 e. The van der Waals surface area contributed by atoms with E-state index in [1.165, 1.54) is 57.8 Å². The Kier molecular flexibility index (Phi) is 18.1. The molecule has 1 fully saturated rings. The van der Waals surface area contributed by atoms with Crippen LogP contribution in [0.2, 0.25) is 0 Å². The highest BCUT2D eigenvalue weighted by atomic mass is 31.2. The van der Waals surface area contributed by atoms with Crippen molar-refractivity contribution < 1.29 is 58.7 Å². The maximum Gasteiger partial charge on any atom is 0.472 e. The molecule has 0 amide bonds. The molecule has 12 nitrogen and oxygen atoms in total. The number of rotatable bonds is 21. The fraction of sp³-hybridized carbons (Fsp3) is 0.960. The number of aliphatic hydroxyl groups is 6. The lowest BCUT2D eigenvalue weighted by Gasteiger charge is -2.41. The van der Waals surface area contributed by atoms with Crippen molar-refractivity contribution >= 4 is 13.8 Å². The van der Waals surface area contributed by atoms with Crippen LogP contribution in [0.5, 0.6) is 0 Å². The van der Waals surface area contributed by atoms with E-state index >= 15 is 0 Å². The Bertz CT molecular complexity index is 665. The Balaban J connectivity index is 2.11. The maximum absolute atomic E-state index is 12.1. The number of phosphoric acid groups is 1. The Morgan fingerprint density at radius 2 is 1.13 bits per heavy atom. The number of aliphatic hydroxyl groups excluding tert-OH is 6. The number of carbonyl (C=O) groups excluding carboxylic acids is 1. The molecule has 1 rings (SSSR count). The van der Waals surface area contributed by atoms with E-state index in [9.17, 15) is 44.9 Å². The highest BCUT2D eigenvalue weighted by Gasteiger charge is 2.51. The van der Waals surface area contributed by atoms with Gasteiger partial charge in [0.05, 0.1) is 6.61 Å². The first-order valence-electron chi connectivity index (χ1n) is 13.9. The molecule has 6 atom stereocenters. The molecule has 0 aromatic carbocycles. The van der Waals surface area contributed by atoms with Gasteiger partial charge in [-0.05, 0) is 6.42 Å². The highest BCUT2D eigenvalue weighted by molar-refractivity contribution is 7.47. The summed E-state index contributed by atoms with van der Waals surface area (Å²) in [5.41, 5.74) is 0. The van der Waals surface area contributed by atoms with Gasteiger partial charge in [0.25, 0.3) is 0 Å². The summed E-state index contributed by atoms with van der Waals surface area (Å²) >= 11 is 0. The maximum atomic E-state index is 12.1. The average molecular weight is 573 g/mol. The van der Waals surface area contributed by atoms with Crippen molar-refractivity contribution in [2.75, 3.05) is 13.2 Å². The molecule has 226 valence electrons. The first-order chi connectivity index (χ1) is 18.0. The molecule has 7 N–H and O–H groups in total. The summed E-state index contributed by atoms with van der Waals surface area (Å²) in [6.45, 7) is 0.973. The molecule has 0 aromatic heterocycles. The van der Waals surface area contributed by atoms with Crippen LogP contribution in [0.4, 0.5) is 0 Å². The molecule has 1 saturated carbocycles. The zero-order chi connectivity index (χ0) is 28.6. The molecule has 6 unspecified atom stereocenters. The summed E-state index contributed by atoms with van der Waals surface area (Å²) < 4.78 is 26.3. The van der Waals surface area contributed by atoms with Crippen molar-refractivity contribution in [2.45, 2.75) is 140 Å². The minimum Gasteiger partial charge on any atom is -0.463 e. The van der Waals surface area contributed by atoms with E-state index in [0.29, 0.717) is 6.42 Å². The molecule has 0 saturated heterocycles. The SMILES string of the molecule is CCCCCCCCCCCCCCCC(=O)OCC(O)COP(=O)(O)OC1C(O)C(O)C(O)C(O)C1O. The molecule has 0 aromatic rings. The van der Waals surface area contributed by atoms with Gasteiger partial charge in [-0.15, -0.1) is 0 Å². The van der Waals surface area contributed by atoms with Crippen LogP contribution >= 0.6 is 7.82 Å². The van der Waals surface area contributed by atoms with Gasteiger partial charge in [0, 0.05) is 6.42 Å². The molecule has 0 aliphatic heterocycles. The van der Waals surface area contributed by atoms with Crippen LogP contribution in [0.15, 0.2) is 0 Å². The second-order valence-electron chi connectivity index (χ2n) is 10.1. The second kappa shape index (κ2) is 19.4. The van der Waals surface area contributed by atoms with Gasteiger partial charge < -0.3 is 40.3 Å². The van der Waals surface area contributed by atoms with Crippen LogP contribution < -0.4 is 0 Å². The lowest BCUT2D eigenvalue weighted by Crippen LogP contribution is -2.64. The Hall–Kier alpha value is -0.660. The third-order valence-corrected chi connectivity index (χ3v) is 7.66. The van der Waals surface area contributed by atoms with E-state index in [0.717, 1.165) is 19.3 Å². The van der Waals surface area contributed by atoms with Crippen molar-refractivity contribution in [3.05, 3.63) is 0 Å². The molecule has 0 bridgehead atoms. The van der Waals surface area contributed by atoms with E-state index in [2.05, 4.69) is 16.0 Å². The van der Waals surface area contributed by atoms with Crippen LogP contribution in [0.1, 0.15) is 96.8 Å². The monoisotopic (exact) mass is 572 g/mol. The summed E-state index contributed by atoms with van der Waals surface area (Å²) in [6.07, 6.45) is 2.42. The summed E-state index contributed by atoms with van der Waals surface area (Å²) in [5, 5.41) is 58.5. The quantitative estimate of drug-likeness (QED) is 0.0596. The van der Waals surface area contributed by atoms with E-state index in [1.54, 1.807) is 0 Å². The first-order valence-corrected chi connectivity index (χ1v) is 15.4. The van der Waals surface area contributed by atoms with Crippen LogP contribution in [0.3, 0.4) is 0 Å². The molecular formula is C25H49O12P. The fourth-order valence-corrected chi connectivity index (χ4v) is 5.26. The number of ether oxygens (including phenoxy) is 1. The van der Waals surface area contributed by atoms with Gasteiger partial charge in [-0.1, -0.05) is 84.0 Å². The highest BCUT2D eigenvalue weighted by Crippen LogP contribution is 2.47. The van der Waals surface area contributed by atoms with Crippen molar-refractivity contribution in [2.24, 2.45) is 0 Å². The van der Waals surface area contributed by atoms with Crippen LogP contribution in [-0.4, -0.2) is 97.4 Å². The van der Waals surface area contributed by atoms with Gasteiger partial charge in [-0.2, -0.15) is 0 Å². The predicted octanol–water partition coefficient (Wildman–Crippen LogP) is 1.69. The Morgan fingerprint density at radius 3 is 1.61 bits per heavy atom. The number of hydrogen-bond donors (Lipinski definition) is 7. The van der Waals surface area contributed by atoms with Crippen LogP contribution in [0, 0.1) is 0 Å². The molecule has 1 aliphatic rings. The van der Waals surface area contributed by atoms with Gasteiger partial charge in [0.1, 0.15) is 49.3 Å². The lowest BCUT2D eigenvalue weighted by molar-refractivity contribution is -0.220. The minimum atomic E-state index is -4.98. The first kappa shape index (κ1) is 35.4. The summed E-state index contributed by atoms with van der Waals surface area (Å²) in [5.74, 6) is -0.509. The average Bonchev–Trinajstić information content (AvgIpc) is 2.89.